The summed E-state index contributed by atoms with van der Waals surface area (Å²) in [7, 11) is 0. The highest BCUT2D eigenvalue weighted by Gasteiger charge is 2.58. The van der Waals surface area contributed by atoms with E-state index in [1.807, 2.05) is 13.8 Å². The average molecular weight is 455 g/mol. The van der Waals surface area contributed by atoms with Crippen molar-refractivity contribution in [3.63, 3.8) is 0 Å². The molecule has 3 saturated heterocycles. The predicted molar refractivity (Wildman–Crippen MR) is 117 cm³/mol. The maximum atomic E-state index is 13.5. The number of amides is 4. The zero-order chi connectivity index (χ0) is 23.1. The van der Waals surface area contributed by atoms with Crippen molar-refractivity contribution in [3.05, 3.63) is 0 Å². The highest BCUT2D eigenvalue weighted by atomic mass is 32.2. The molecule has 3 fully saturated rings. The molecule has 0 radical (unpaired) electrons. The Kier molecular flexibility index (Phi) is 6.51. The average Bonchev–Trinajstić information content (AvgIpc) is 3.30. The number of fused-ring (bicyclic) bond motifs is 1. The number of nitrogens with two attached hydrogens (primary N) is 1. The molecular formula is C21H34N4O5S. The van der Waals surface area contributed by atoms with Crippen molar-refractivity contribution in [1.29, 1.82) is 0 Å². The summed E-state index contributed by atoms with van der Waals surface area (Å²) in [6.45, 7) is 9.77. The molecule has 4 atom stereocenters. The second kappa shape index (κ2) is 8.52. The molecule has 174 valence electrons. The highest BCUT2D eigenvalue weighted by Crippen LogP contribution is 2.44. The first-order valence-electron chi connectivity index (χ1n) is 10.9. The lowest BCUT2D eigenvalue weighted by Gasteiger charge is -2.34. The molecule has 0 bridgehead atoms. The molecule has 3 aliphatic heterocycles. The zero-order valence-corrected chi connectivity index (χ0v) is 19.8. The van der Waals surface area contributed by atoms with Crippen molar-refractivity contribution in [2.45, 2.75) is 88.9 Å². The highest BCUT2D eigenvalue weighted by molar-refractivity contribution is 8.00. The molecule has 3 N–H and O–H groups in total. The number of likely N-dealkylation sites (tertiary alicyclic amines) is 1. The molecule has 4 amide bonds. The molecular weight excluding hydrogens is 420 g/mol. The summed E-state index contributed by atoms with van der Waals surface area (Å²) in [6.07, 6.45) is 1.56. The third-order valence-electron chi connectivity index (χ3n) is 5.89. The van der Waals surface area contributed by atoms with Gasteiger partial charge >= 0.3 is 6.09 Å². The van der Waals surface area contributed by atoms with Crippen LogP contribution in [0.15, 0.2) is 0 Å². The quantitative estimate of drug-likeness (QED) is 0.648. The van der Waals surface area contributed by atoms with Crippen molar-refractivity contribution in [2.24, 2.45) is 11.7 Å². The number of carbonyl (C=O) groups excluding carboxylic acids is 4. The third-order valence-corrected chi connectivity index (χ3v) is 7.18. The fourth-order valence-corrected chi connectivity index (χ4v) is 6.30. The lowest BCUT2D eigenvalue weighted by atomic mass is 9.86. The first-order valence-corrected chi connectivity index (χ1v) is 11.9. The van der Waals surface area contributed by atoms with Gasteiger partial charge in [-0.3, -0.25) is 19.3 Å². The van der Waals surface area contributed by atoms with Crippen LogP contribution in [0.25, 0.3) is 0 Å². The molecule has 31 heavy (non-hydrogen) atoms. The van der Waals surface area contributed by atoms with Crippen LogP contribution in [-0.2, 0) is 19.1 Å². The SMILES string of the molecule is CC(C)C[C@@]1(NC(=O)[C@@H]2CCCN2C(=O)OC(C)(C)C)C[C@H]2SC[C@H](C(N)=O)N2C1=O. The van der Waals surface area contributed by atoms with E-state index in [1.165, 1.54) is 16.7 Å². The maximum Gasteiger partial charge on any atom is 0.410 e. The molecule has 0 saturated carbocycles. The second-order valence-electron chi connectivity index (χ2n) is 10.1. The van der Waals surface area contributed by atoms with Crippen LogP contribution in [0.5, 0.6) is 0 Å². The van der Waals surface area contributed by atoms with Gasteiger partial charge in [-0.05, 0) is 46.0 Å². The molecule has 3 rings (SSSR count). The molecule has 3 aliphatic rings. The van der Waals surface area contributed by atoms with Gasteiger partial charge in [-0.1, -0.05) is 13.8 Å². The first kappa shape index (κ1) is 23.7. The van der Waals surface area contributed by atoms with Crippen molar-refractivity contribution in [2.75, 3.05) is 12.3 Å². The number of carbonyl (C=O) groups is 4. The normalized spacial score (nSPS) is 30.6. The Hall–Kier alpha value is -1.97. The number of hydrogen-bond donors (Lipinski definition) is 2. The molecule has 9 nitrogen and oxygen atoms in total. The number of ether oxygens (including phenoxy) is 1. The molecule has 0 unspecified atom stereocenters. The molecule has 0 aliphatic carbocycles. The molecule has 0 aromatic carbocycles. The third kappa shape index (κ3) is 4.78. The summed E-state index contributed by atoms with van der Waals surface area (Å²) in [6, 6.07) is -1.33. The Bertz CT molecular complexity index is 767. The van der Waals surface area contributed by atoms with Crippen molar-refractivity contribution >= 4 is 35.6 Å². The van der Waals surface area contributed by atoms with Crippen LogP contribution in [-0.4, -0.2) is 74.5 Å². The minimum atomic E-state index is -1.10. The fourth-order valence-electron chi connectivity index (χ4n) is 4.77. The number of hydrogen-bond acceptors (Lipinski definition) is 6. The van der Waals surface area contributed by atoms with Gasteiger partial charge in [0.1, 0.15) is 23.2 Å². The Morgan fingerprint density at radius 3 is 2.55 bits per heavy atom. The largest absolute Gasteiger partial charge is 0.444 e. The van der Waals surface area contributed by atoms with Gasteiger partial charge in [0.2, 0.25) is 17.7 Å². The summed E-state index contributed by atoms with van der Waals surface area (Å²) in [5.41, 5.74) is 3.76. The first-order chi connectivity index (χ1) is 14.3. The van der Waals surface area contributed by atoms with Gasteiger partial charge in [0, 0.05) is 18.7 Å². The Morgan fingerprint density at radius 1 is 1.29 bits per heavy atom. The number of rotatable bonds is 5. The van der Waals surface area contributed by atoms with Crippen LogP contribution < -0.4 is 11.1 Å². The van der Waals surface area contributed by atoms with Gasteiger partial charge in [-0.25, -0.2) is 4.79 Å². The van der Waals surface area contributed by atoms with Crippen LogP contribution >= 0.6 is 11.8 Å². The van der Waals surface area contributed by atoms with E-state index in [1.54, 1.807) is 25.7 Å². The van der Waals surface area contributed by atoms with E-state index in [0.29, 0.717) is 38.0 Å². The maximum absolute atomic E-state index is 13.5. The van der Waals surface area contributed by atoms with E-state index in [2.05, 4.69) is 5.32 Å². The molecule has 3 heterocycles. The van der Waals surface area contributed by atoms with Crippen molar-refractivity contribution in [1.82, 2.24) is 15.1 Å². The van der Waals surface area contributed by atoms with Gasteiger partial charge < -0.3 is 20.7 Å². The van der Waals surface area contributed by atoms with Gasteiger partial charge in [-0.15, -0.1) is 11.8 Å². The zero-order valence-electron chi connectivity index (χ0n) is 19.0. The molecule has 0 aromatic rings. The number of primary amides is 1. The standard InChI is InChI=1S/C21H34N4O5S/c1-12(2)9-21(10-15-25(18(21)28)14(11-31-15)16(22)26)23-17(27)13-7-6-8-24(13)19(29)30-20(3,4)5/h12-15H,6-11H2,1-5H3,(H2,22,26)(H,23,27)/t13-,14+,15+,21+/m0/s1. The van der Waals surface area contributed by atoms with Gasteiger partial charge in [0.25, 0.3) is 0 Å². The topological polar surface area (TPSA) is 122 Å². The summed E-state index contributed by atoms with van der Waals surface area (Å²) in [4.78, 5) is 54.3. The van der Waals surface area contributed by atoms with Crippen molar-refractivity contribution < 1.29 is 23.9 Å². The number of thioether (sulfide) groups is 1. The van der Waals surface area contributed by atoms with Crippen LogP contribution in [0.4, 0.5) is 4.79 Å². The second-order valence-corrected chi connectivity index (χ2v) is 11.3. The van der Waals surface area contributed by atoms with E-state index in [9.17, 15) is 19.2 Å². The van der Waals surface area contributed by atoms with Crippen molar-refractivity contribution in [3.8, 4) is 0 Å². The monoisotopic (exact) mass is 454 g/mol. The van der Waals surface area contributed by atoms with E-state index in [4.69, 9.17) is 10.5 Å². The Labute approximate surface area is 187 Å². The smallest absolute Gasteiger partial charge is 0.410 e. The van der Waals surface area contributed by atoms with E-state index >= 15 is 0 Å². The summed E-state index contributed by atoms with van der Waals surface area (Å²) in [5.74, 6) is -0.505. The molecule has 0 spiro atoms. The predicted octanol–water partition coefficient (Wildman–Crippen LogP) is 1.45. The number of nitrogens with zero attached hydrogens (tertiary/aromatic N) is 2. The minimum Gasteiger partial charge on any atom is -0.444 e. The molecule has 0 aromatic heterocycles. The van der Waals surface area contributed by atoms with Crippen LogP contribution in [0.1, 0.15) is 60.3 Å². The summed E-state index contributed by atoms with van der Waals surface area (Å²) < 4.78 is 5.46. The number of nitrogens with one attached hydrogen (secondary N) is 1. The van der Waals surface area contributed by atoms with Crippen LogP contribution in [0, 0.1) is 5.92 Å². The van der Waals surface area contributed by atoms with Gasteiger partial charge in [0.15, 0.2) is 0 Å². The summed E-state index contributed by atoms with van der Waals surface area (Å²) >= 11 is 1.52. The minimum absolute atomic E-state index is 0.145. The van der Waals surface area contributed by atoms with E-state index in [-0.39, 0.29) is 23.1 Å². The summed E-state index contributed by atoms with van der Waals surface area (Å²) in [5, 5.41) is 2.82. The van der Waals surface area contributed by atoms with Gasteiger partial charge in [0.05, 0.1) is 5.37 Å². The lowest BCUT2D eigenvalue weighted by Crippen LogP contribution is -2.60. The van der Waals surface area contributed by atoms with Crippen LogP contribution in [0.2, 0.25) is 0 Å². The van der Waals surface area contributed by atoms with Gasteiger partial charge in [-0.2, -0.15) is 0 Å². The molecule has 10 heteroatoms. The Morgan fingerprint density at radius 2 is 1.97 bits per heavy atom. The Balaban J connectivity index is 1.80. The van der Waals surface area contributed by atoms with E-state index in [0.717, 1.165) is 0 Å². The fraction of sp³-hybridized carbons (Fsp3) is 0.810. The van der Waals surface area contributed by atoms with E-state index < -0.39 is 35.2 Å². The lowest BCUT2D eigenvalue weighted by molar-refractivity contribution is -0.142. The van der Waals surface area contributed by atoms with Crippen LogP contribution in [0.3, 0.4) is 0 Å².